The van der Waals surface area contributed by atoms with Crippen LogP contribution in [0.3, 0.4) is 0 Å². The van der Waals surface area contributed by atoms with Gasteiger partial charge in [0, 0.05) is 21.7 Å². The Morgan fingerprint density at radius 3 is 1.27 bits per heavy atom. The lowest BCUT2D eigenvalue weighted by atomic mass is 9.87. The summed E-state index contributed by atoms with van der Waals surface area (Å²) >= 11 is 6.30. The van der Waals surface area contributed by atoms with E-state index < -0.39 is 0 Å². The van der Waals surface area contributed by atoms with E-state index >= 15 is 0 Å². The van der Waals surface area contributed by atoms with Gasteiger partial charge in [-0.3, -0.25) is 0 Å². The zero-order valence-electron chi connectivity index (χ0n) is 24.1. The van der Waals surface area contributed by atoms with Crippen molar-refractivity contribution in [3.05, 3.63) is 162 Å². The van der Waals surface area contributed by atoms with Crippen molar-refractivity contribution < 1.29 is 0 Å². The van der Waals surface area contributed by atoms with Crippen LogP contribution in [0.25, 0.3) is 67.5 Å². The van der Waals surface area contributed by atoms with Crippen LogP contribution in [0, 0.1) is 11.3 Å². The van der Waals surface area contributed by atoms with Gasteiger partial charge in [-0.1, -0.05) is 127 Å². The predicted octanol–water partition coefficient (Wildman–Crippen LogP) is 10.4. The molecule has 45 heavy (non-hydrogen) atoms. The third kappa shape index (κ3) is 5.86. The number of nitrogens with zero attached hydrogens (tertiary/aromatic N) is 4. The number of hydrogen-bond donors (Lipinski definition) is 0. The summed E-state index contributed by atoms with van der Waals surface area (Å²) in [6.45, 7) is 0. The minimum atomic E-state index is 0.569. The zero-order valence-corrected chi connectivity index (χ0v) is 24.9. The molecule has 0 bridgehead atoms. The van der Waals surface area contributed by atoms with Crippen molar-refractivity contribution in [2.24, 2.45) is 0 Å². The molecule has 0 saturated carbocycles. The van der Waals surface area contributed by atoms with E-state index in [0.717, 1.165) is 50.1 Å². The second-order valence-corrected chi connectivity index (χ2v) is 11.0. The van der Waals surface area contributed by atoms with Crippen LogP contribution in [-0.4, -0.2) is 15.0 Å². The topological polar surface area (TPSA) is 62.5 Å². The highest BCUT2D eigenvalue weighted by molar-refractivity contribution is 6.30. The van der Waals surface area contributed by atoms with Crippen LogP contribution in [0.2, 0.25) is 5.02 Å². The lowest BCUT2D eigenvalue weighted by molar-refractivity contribution is 1.07. The SMILES string of the molecule is N#Cc1ccc(-c2cc(-c3nc(-c4ccccc4)nc(-c4ccccc4)n3)c(-c3ccccc3)cc2-c2ccc(Cl)cc2)cc1. The monoisotopic (exact) mass is 596 g/mol. The normalized spacial score (nSPS) is 10.8. The first-order valence-electron chi connectivity index (χ1n) is 14.5. The molecule has 0 saturated heterocycles. The molecule has 0 amide bonds. The van der Waals surface area contributed by atoms with Gasteiger partial charge in [0.25, 0.3) is 0 Å². The number of halogens is 1. The van der Waals surface area contributed by atoms with Gasteiger partial charge in [0.1, 0.15) is 0 Å². The standard InChI is InChI=1S/C40H25ClN4/c41-33-22-20-30(21-23-33)34-24-36(28-10-4-1-5-11-28)37(25-35(34)29-18-16-27(26-42)17-19-29)40-44-38(31-12-6-2-7-13-31)43-39(45-40)32-14-8-3-9-15-32/h1-25H. The molecule has 0 N–H and O–H groups in total. The molecule has 0 aliphatic carbocycles. The van der Waals surface area contributed by atoms with Gasteiger partial charge in [-0.15, -0.1) is 0 Å². The Morgan fingerprint density at radius 2 is 0.778 bits per heavy atom. The van der Waals surface area contributed by atoms with E-state index in [4.69, 9.17) is 26.6 Å². The van der Waals surface area contributed by atoms with Crippen molar-refractivity contribution >= 4 is 11.6 Å². The molecule has 0 aliphatic heterocycles. The van der Waals surface area contributed by atoms with Crippen molar-refractivity contribution in [1.29, 1.82) is 5.26 Å². The minimum Gasteiger partial charge on any atom is -0.208 e. The summed E-state index contributed by atoms with van der Waals surface area (Å²) in [5, 5.41) is 10.1. The van der Waals surface area contributed by atoms with Crippen molar-refractivity contribution in [2.45, 2.75) is 0 Å². The molecule has 1 aromatic heterocycles. The molecule has 7 rings (SSSR count). The van der Waals surface area contributed by atoms with Crippen LogP contribution in [0.15, 0.2) is 152 Å². The van der Waals surface area contributed by atoms with E-state index in [2.05, 4.69) is 30.3 Å². The molecular weight excluding hydrogens is 572 g/mol. The van der Waals surface area contributed by atoms with E-state index in [0.29, 0.717) is 28.1 Å². The lowest BCUT2D eigenvalue weighted by Gasteiger charge is -2.18. The third-order valence-electron chi connectivity index (χ3n) is 7.66. The largest absolute Gasteiger partial charge is 0.208 e. The van der Waals surface area contributed by atoms with Gasteiger partial charge < -0.3 is 0 Å². The molecule has 0 radical (unpaired) electrons. The average Bonchev–Trinajstić information content (AvgIpc) is 3.12. The first-order chi connectivity index (χ1) is 22.2. The van der Waals surface area contributed by atoms with E-state index in [1.165, 1.54) is 0 Å². The highest BCUT2D eigenvalue weighted by atomic mass is 35.5. The average molecular weight is 597 g/mol. The highest BCUT2D eigenvalue weighted by Crippen LogP contribution is 2.42. The Balaban J connectivity index is 1.55. The number of aromatic nitrogens is 3. The van der Waals surface area contributed by atoms with Crippen LogP contribution >= 0.6 is 11.6 Å². The number of rotatable bonds is 6. The molecule has 7 aromatic rings. The maximum absolute atomic E-state index is 9.47. The van der Waals surface area contributed by atoms with E-state index in [1.807, 2.05) is 127 Å². The fraction of sp³-hybridized carbons (Fsp3) is 0. The molecule has 0 fully saturated rings. The Kier molecular flexibility index (Phi) is 7.68. The quantitative estimate of drug-likeness (QED) is 0.191. The lowest BCUT2D eigenvalue weighted by Crippen LogP contribution is -2.02. The highest BCUT2D eigenvalue weighted by Gasteiger charge is 2.20. The van der Waals surface area contributed by atoms with Gasteiger partial charge in [0.05, 0.1) is 11.6 Å². The molecule has 4 nitrogen and oxygen atoms in total. The Bertz CT molecular complexity index is 2080. The van der Waals surface area contributed by atoms with Gasteiger partial charge in [0.2, 0.25) is 0 Å². The van der Waals surface area contributed by atoms with Crippen molar-refractivity contribution in [3.63, 3.8) is 0 Å². The van der Waals surface area contributed by atoms with Gasteiger partial charge in [-0.05, 0) is 69.8 Å². The van der Waals surface area contributed by atoms with Crippen LogP contribution in [0.1, 0.15) is 5.56 Å². The van der Waals surface area contributed by atoms with Gasteiger partial charge in [-0.2, -0.15) is 5.26 Å². The van der Waals surface area contributed by atoms with Crippen molar-refractivity contribution in [2.75, 3.05) is 0 Å². The number of benzene rings is 6. The number of nitriles is 1. The summed E-state index contributed by atoms with van der Waals surface area (Å²) in [7, 11) is 0. The molecule has 1 heterocycles. The Morgan fingerprint density at radius 1 is 0.400 bits per heavy atom. The van der Waals surface area contributed by atoms with Crippen LogP contribution < -0.4 is 0 Å². The fourth-order valence-corrected chi connectivity index (χ4v) is 5.53. The summed E-state index contributed by atoms with van der Waals surface area (Å²) in [6, 6.07) is 52.4. The van der Waals surface area contributed by atoms with Crippen LogP contribution in [0.4, 0.5) is 0 Å². The van der Waals surface area contributed by atoms with E-state index in [9.17, 15) is 5.26 Å². The molecule has 5 heteroatoms. The summed E-state index contributed by atoms with van der Waals surface area (Å²) in [5.41, 5.74) is 9.32. The smallest absolute Gasteiger partial charge is 0.164 e. The van der Waals surface area contributed by atoms with Gasteiger partial charge in [-0.25, -0.2) is 15.0 Å². The summed E-state index contributed by atoms with van der Waals surface area (Å²) < 4.78 is 0. The summed E-state index contributed by atoms with van der Waals surface area (Å²) in [4.78, 5) is 15.1. The number of hydrogen-bond acceptors (Lipinski definition) is 4. The fourth-order valence-electron chi connectivity index (χ4n) is 5.40. The maximum Gasteiger partial charge on any atom is 0.164 e. The molecule has 0 aliphatic rings. The summed E-state index contributed by atoms with van der Waals surface area (Å²) in [5.74, 6) is 1.76. The maximum atomic E-state index is 9.47. The zero-order chi connectivity index (χ0) is 30.6. The molecule has 0 spiro atoms. The Hall–Kier alpha value is -5.89. The first-order valence-corrected chi connectivity index (χ1v) is 14.9. The van der Waals surface area contributed by atoms with Crippen LogP contribution in [0.5, 0.6) is 0 Å². The molecule has 0 unspecified atom stereocenters. The molecule has 6 aromatic carbocycles. The third-order valence-corrected chi connectivity index (χ3v) is 7.91. The molecular formula is C40H25ClN4. The van der Waals surface area contributed by atoms with Gasteiger partial charge in [0.15, 0.2) is 17.5 Å². The molecule has 212 valence electrons. The molecule has 0 atom stereocenters. The summed E-state index contributed by atoms with van der Waals surface area (Å²) in [6.07, 6.45) is 0. The second-order valence-electron chi connectivity index (χ2n) is 10.5. The predicted molar refractivity (Wildman–Crippen MR) is 182 cm³/mol. The minimum absolute atomic E-state index is 0.569. The second kappa shape index (κ2) is 12.4. The van der Waals surface area contributed by atoms with E-state index in [1.54, 1.807) is 0 Å². The van der Waals surface area contributed by atoms with Gasteiger partial charge >= 0.3 is 0 Å². The van der Waals surface area contributed by atoms with Crippen molar-refractivity contribution in [3.8, 4) is 73.6 Å². The van der Waals surface area contributed by atoms with E-state index in [-0.39, 0.29) is 0 Å². The Labute approximate surface area is 266 Å². The van der Waals surface area contributed by atoms with Crippen molar-refractivity contribution in [1.82, 2.24) is 15.0 Å². The first kappa shape index (κ1) is 27.9. The van der Waals surface area contributed by atoms with Crippen LogP contribution in [-0.2, 0) is 0 Å².